The molecule has 1 aliphatic heterocycles. The molecule has 1 saturated heterocycles. The van der Waals surface area contributed by atoms with Crippen molar-refractivity contribution in [3.05, 3.63) is 34.4 Å². The Labute approximate surface area is 130 Å². The number of nitrogens with zero attached hydrogens (tertiary/aromatic N) is 2. The lowest BCUT2D eigenvalue weighted by atomic mass is 9.91. The normalized spacial score (nSPS) is 23.0. The van der Waals surface area contributed by atoms with Gasteiger partial charge in [-0.3, -0.25) is 0 Å². The zero-order chi connectivity index (χ0) is 15.6. The van der Waals surface area contributed by atoms with E-state index < -0.39 is 0 Å². The predicted molar refractivity (Wildman–Crippen MR) is 90.9 cm³/mol. The van der Waals surface area contributed by atoms with Gasteiger partial charge in [0.15, 0.2) is 0 Å². The monoisotopic (exact) mass is 289 g/mol. The molecule has 2 N–H and O–H groups in total. The van der Waals surface area contributed by atoms with E-state index in [1.807, 2.05) is 0 Å². The minimum absolute atomic E-state index is 0.190. The molecule has 1 heterocycles. The average Bonchev–Trinajstić information content (AvgIpc) is 2.55. The predicted octanol–water partition coefficient (Wildman–Crippen LogP) is 2.12. The fourth-order valence-corrected chi connectivity index (χ4v) is 3.67. The first-order chi connectivity index (χ1) is 9.88. The van der Waals surface area contributed by atoms with Gasteiger partial charge < -0.3 is 15.5 Å². The summed E-state index contributed by atoms with van der Waals surface area (Å²) in [6.45, 7) is 9.99. The van der Waals surface area contributed by atoms with E-state index >= 15 is 0 Å². The molecule has 3 heteroatoms. The highest BCUT2D eigenvalue weighted by molar-refractivity contribution is 5.38. The fraction of sp³-hybridized carbons (Fsp3) is 0.667. The second-order valence-electron chi connectivity index (χ2n) is 6.91. The van der Waals surface area contributed by atoms with Gasteiger partial charge in [-0.15, -0.1) is 0 Å². The van der Waals surface area contributed by atoms with E-state index in [0.29, 0.717) is 6.04 Å². The third kappa shape index (κ3) is 4.06. The maximum atomic E-state index is 6.61. The SMILES string of the molecule is Cc1cc(C)c(CC(N)C2CN(C)CCCN2C)c(C)c1. The van der Waals surface area contributed by atoms with Crippen LogP contribution in [0.25, 0.3) is 0 Å². The van der Waals surface area contributed by atoms with Crippen molar-refractivity contribution in [2.45, 2.75) is 45.7 Å². The van der Waals surface area contributed by atoms with Crippen molar-refractivity contribution in [3.8, 4) is 0 Å². The van der Waals surface area contributed by atoms with Gasteiger partial charge >= 0.3 is 0 Å². The molecule has 2 atom stereocenters. The van der Waals surface area contributed by atoms with Crippen LogP contribution in [0.4, 0.5) is 0 Å². The van der Waals surface area contributed by atoms with Crippen molar-refractivity contribution in [3.63, 3.8) is 0 Å². The topological polar surface area (TPSA) is 32.5 Å². The van der Waals surface area contributed by atoms with Gasteiger partial charge in [0.25, 0.3) is 0 Å². The summed E-state index contributed by atoms with van der Waals surface area (Å²) >= 11 is 0. The summed E-state index contributed by atoms with van der Waals surface area (Å²) in [7, 11) is 4.43. The van der Waals surface area contributed by atoms with E-state index in [1.54, 1.807) is 0 Å². The zero-order valence-electron chi connectivity index (χ0n) is 14.3. The standard InChI is InChI=1S/C18H31N3/c1-13-9-14(2)16(15(3)10-13)11-17(19)18-12-20(4)7-6-8-21(18)5/h9-10,17-18H,6-8,11-12,19H2,1-5H3. The number of hydrogen-bond acceptors (Lipinski definition) is 3. The molecule has 0 bridgehead atoms. The van der Waals surface area contributed by atoms with E-state index in [4.69, 9.17) is 5.73 Å². The molecular weight excluding hydrogens is 258 g/mol. The third-order valence-corrected chi connectivity index (χ3v) is 4.89. The third-order valence-electron chi connectivity index (χ3n) is 4.89. The quantitative estimate of drug-likeness (QED) is 0.925. The van der Waals surface area contributed by atoms with E-state index in [9.17, 15) is 0 Å². The molecule has 0 radical (unpaired) electrons. The van der Waals surface area contributed by atoms with Crippen molar-refractivity contribution in [2.75, 3.05) is 33.7 Å². The number of nitrogens with two attached hydrogens (primary N) is 1. The second-order valence-corrected chi connectivity index (χ2v) is 6.91. The van der Waals surface area contributed by atoms with Gasteiger partial charge in [0.05, 0.1) is 0 Å². The highest BCUT2D eigenvalue weighted by Crippen LogP contribution is 2.20. The Balaban J connectivity index is 2.15. The first-order valence-corrected chi connectivity index (χ1v) is 8.09. The van der Waals surface area contributed by atoms with Gasteiger partial charge in [-0.2, -0.15) is 0 Å². The number of rotatable bonds is 3. The Kier molecular flexibility index (Phi) is 5.42. The Morgan fingerprint density at radius 1 is 1.14 bits per heavy atom. The van der Waals surface area contributed by atoms with E-state index in [2.05, 4.69) is 56.8 Å². The van der Waals surface area contributed by atoms with Crippen molar-refractivity contribution < 1.29 is 0 Å². The first kappa shape index (κ1) is 16.5. The maximum Gasteiger partial charge on any atom is 0.0374 e. The van der Waals surface area contributed by atoms with Crippen LogP contribution in [0.2, 0.25) is 0 Å². The van der Waals surface area contributed by atoms with Gasteiger partial charge in [-0.1, -0.05) is 17.7 Å². The van der Waals surface area contributed by atoms with Crippen molar-refractivity contribution >= 4 is 0 Å². The van der Waals surface area contributed by atoms with Gasteiger partial charge in [-0.05, 0) is 77.5 Å². The Bertz CT molecular complexity index is 460. The molecule has 0 amide bonds. The molecule has 21 heavy (non-hydrogen) atoms. The average molecular weight is 289 g/mol. The molecule has 0 aromatic heterocycles. The summed E-state index contributed by atoms with van der Waals surface area (Å²) in [6.07, 6.45) is 2.21. The molecule has 0 spiro atoms. The van der Waals surface area contributed by atoms with Gasteiger partial charge in [-0.25, -0.2) is 0 Å². The van der Waals surface area contributed by atoms with Crippen molar-refractivity contribution in [1.29, 1.82) is 0 Å². The largest absolute Gasteiger partial charge is 0.326 e. The maximum absolute atomic E-state index is 6.61. The summed E-state index contributed by atoms with van der Waals surface area (Å²) in [5, 5.41) is 0. The lowest BCUT2D eigenvalue weighted by Crippen LogP contribution is -2.51. The zero-order valence-corrected chi connectivity index (χ0v) is 14.3. The number of hydrogen-bond donors (Lipinski definition) is 1. The molecule has 1 aliphatic rings. The lowest BCUT2D eigenvalue weighted by Gasteiger charge is -2.33. The fourth-order valence-electron chi connectivity index (χ4n) is 3.67. The van der Waals surface area contributed by atoms with Crippen molar-refractivity contribution in [1.82, 2.24) is 9.80 Å². The molecule has 1 aromatic carbocycles. The highest BCUT2D eigenvalue weighted by atomic mass is 15.2. The highest BCUT2D eigenvalue weighted by Gasteiger charge is 2.26. The summed E-state index contributed by atoms with van der Waals surface area (Å²) in [6, 6.07) is 5.18. The Morgan fingerprint density at radius 2 is 1.76 bits per heavy atom. The molecular formula is C18H31N3. The second kappa shape index (κ2) is 6.91. The molecule has 2 rings (SSSR count). The minimum Gasteiger partial charge on any atom is -0.326 e. The van der Waals surface area contributed by atoms with E-state index in [-0.39, 0.29) is 6.04 Å². The van der Waals surface area contributed by atoms with Crippen LogP contribution >= 0.6 is 0 Å². The van der Waals surface area contributed by atoms with Crippen LogP contribution in [0.15, 0.2) is 12.1 Å². The lowest BCUT2D eigenvalue weighted by molar-refractivity contribution is 0.195. The summed E-state index contributed by atoms with van der Waals surface area (Å²) in [5.74, 6) is 0. The molecule has 1 aromatic rings. The summed E-state index contributed by atoms with van der Waals surface area (Å²) in [4.78, 5) is 4.87. The number of aryl methyl sites for hydroxylation is 3. The molecule has 2 unspecified atom stereocenters. The summed E-state index contributed by atoms with van der Waals surface area (Å²) < 4.78 is 0. The van der Waals surface area contributed by atoms with Gasteiger partial charge in [0.1, 0.15) is 0 Å². The van der Waals surface area contributed by atoms with Crippen LogP contribution in [0.5, 0.6) is 0 Å². The smallest absolute Gasteiger partial charge is 0.0374 e. The van der Waals surface area contributed by atoms with Crippen LogP contribution in [-0.4, -0.2) is 55.6 Å². The molecule has 0 aliphatic carbocycles. The van der Waals surface area contributed by atoms with E-state index in [0.717, 1.165) is 19.5 Å². The molecule has 3 nitrogen and oxygen atoms in total. The molecule has 1 fully saturated rings. The first-order valence-electron chi connectivity index (χ1n) is 8.09. The Hall–Kier alpha value is -0.900. The van der Waals surface area contributed by atoms with Crippen LogP contribution in [0, 0.1) is 20.8 Å². The van der Waals surface area contributed by atoms with Gasteiger partial charge in [0.2, 0.25) is 0 Å². The molecule has 0 saturated carbocycles. The van der Waals surface area contributed by atoms with Crippen LogP contribution in [-0.2, 0) is 6.42 Å². The van der Waals surface area contributed by atoms with E-state index in [1.165, 1.54) is 35.2 Å². The summed E-state index contributed by atoms with van der Waals surface area (Å²) in [5.41, 5.74) is 12.2. The number of likely N-dealkylation sites (N-methyl/N-ethyl adjacent to an activating group) is 2. The van der Waals surface area contributed by atoms with Crippen molar-refractivity contribution in [2.24, 2.45) is 5.73 Å². The van der Waals surface area contributed by atoms with Crippen LogP contribution < -0.4 is 5.73 Å². The molecule has 118 valence electrons. The Morgan fingerprint density at radius 3 is 2.38 bits per heavy atom. The number of benzene rings is 1. The van der Waals surface area contributed by atoms with Crippen LogP contribution in [0.1, 0.15) is 28.7 Å². The van der Waals surface area contributed by atoms with Crippen LogP contribution in [0.3, 0.4) is 0 Å². The van der Waals surface area contributed by atoms with Gasteiger partial charge in [0, 0.05) is 18.6 Å². The minimum atomic E-state index is 0.190.